The van der Waals surface area contributed by atoms with Gasteiger partial charge in [-0.3, -0.25) is 9.78 Å². The van der Waals surface area contributed by atoms with Gasteiger partial charge in [0.1, 0.15) is 5.69 Å². The molecule has 1 aliphatic rings. The molecular weight excluding hydrogens is 235 g/mol. The fourth-order valence-corrected chi connectivity index (χ4v) is 2.69. The molecule has 0 amide bonds. The predicted octanol–water partition coefficient (Wildman–Crippen LogP) is 1.79. The lowest BCUT2D eigenvalue weighted by atomic mass is 9.48. The summed E-state index contributed by atoms with van der Waals surface area (Å²) in [5.74, 6) is 0.0266. The topological polar surface area (TPSA) is 42.9 Å². The molecule has 1 aromatic heterocycles. The normalized spacial score (nSPS) is 13.4. The number of hydrogen-bond donors (Lipinski definition) is 0. The summed E-state index contributed by atoms with van der Waals surface area (Å²) in [5.41, 5.74) is 4.35. The van der Waals surface area contributed by atoms with Crippen molar-refractivity contribution >= 4 is 18.0 Å². The average molecular weight is 250 g/mol. The number of carbonyl (C=O) groups excluding carboxylic acids is 1. The van der Waals surface area contributed by atoms with Gasteiger partial charge in [0.25, 0.3) is 0 Å². The number of rotatable bonds is 3. The van der Waals surface area contributed by atoms with Crippen molar-refractivity contribution in [1.82, 2.24) is 9.97 Å². The van der Waals surface area contributed by atoms with Crippen molar-refractivity contribution in [1.29, 1.82) is 0 Å². The molecule has 19 heavy (non-hydrogen) atoms. The lowest BCUT2D eigenvalue weighted by molar-refractivity contribution is 0.0988. The van der Waals surface area contributed by atoms with E-state index in [2.05, 4.69) is 35.0 Å². The fraction of sp³-hybridized carbons (Fsp3) is 0.267. The zero-order chi connectivity index (χ0) is 13.2. The van der Waals surface area contributed by atoms with Gasteiger partial charge in [-0.05, 0) is 12.0 Å². The summed E-state index contributed by atoms with van der Waals surface area (Å²) in [6, 6.07) is 6.41. The molecule has 4 heteroatoms. The van der Waals surface area contributed by atoms with Gasteiger partial charge in [-0.25, -0.2) is 4.98 Å². The maximum atomic E-state index is 12.1. The van der Waals surface area contributed by atoms with Crippen molar-refractivity contribution < 1.29 is 4.79 Å². The molecule has 1 aromatic carbocycles. The molecule has 3 nitrogen and oxygen atoms in total. The van der Waals surface area contributed by atoms with Gasteiger partial charge >= 0.3 is 0 Å². The molecule has 2 aromatic rings. The average Bonchev–Trinajstić information content (AvgIpc) is 2.81. The number of aromatic nitrogens is 2. The van der Waals surface area contributed by atoms with Crippen molar-refractivity contribution in [2.75, 3.05) is 0 Å². The summed E-state index contributed by atoms with van der Waals surface area (Å²) >= 11 is 0. The lowest BCUT2D eigenvalue weighted by Crippen LogP contribution is -2.23. The van der Waals surface area contributed by atoms with E-state index >= 15 is 0 Å². The van der Waals surface area contributed by atoms with Crippen LogP contribution in [0.25, 0.3) is 0 Å². The van der Waals surface area contributed by atoms with Crippen LogP contribution in [0, 0.1) is 0 Å². The molecule has 1 aliphatic heterocycles. The SMILES string of the molecule is CB1CCc2ccc(CC(=O)c3cnccn3)cc21. The highest BCUT2D eigenvalue weighted by Gasteiger charge is 2.21. The summed E-state index contributed by atoms with van der Waals surface area (Å²) < 4.78 is 0. The van der Waals surface area contributed by atoms with Gasteiger partial charge in [-0.2, -0.15) is 0 Å². The van der Waals surface area contributed by atoms with E-state index < -0.39 is 0 Å². The van der Waals surface area contributed by atoms with Crippen LogP contribution in [0.15, 0.2) is 36.8 Å². The maximum absolute atomic E-state index is 12.1. The van der Waals surface area contributed by atoms with Crippen LogP contribution in [0.4, 0.5) is 0 Å². The third-order valence-electron chi connectivity index (χ3n) is 3.80. The van der Waals surface area contributed by atoms with Crippen molar-refractivity contribution in [2.24, 2.45) is 0 Å². The second-order valence-electron chi connectivity index (χ2n) is 5.16. The lowest BCUT2D eigenvalue weighted by Gasteiger charge is -2.06. The van der Waals surface area contributed by atoms with E-state index in [-0.39, 0.29) is 5.78 Å². The van der Waals surface area contributed by atoms with Crippen LogP contribution in [-0.4, -0.2) is 22.5 Å². The smallest absolute Gasteiger partial charge is 0.187 e. The minimum Gasteiger partial charge on any atom is -0.292 e. The molecule has 0 saturated carbocycles. The number of fused-ring (bicyclic) bond motifs is 1. The van der Waals surface area contributed by atoms with E-state index in [4.69, 9.17) is 0 Å². The van der Waals surface area contributed by atoms with Crippen molar-refractivity contribution in [3.8, 4) is 0 Å². The molecule has 0 unspecified atom stereocenters. The molecule has 3 rings (SSSR count). The molecule has 0 N–H and O–H groups in total. The molecule has 0 aliphatic carbocycles. The third-order valence-corrected chi connectivity index (χ3v) is 3.80. The number of hydrogen-bond acceptors (Lipinski definition) is 3. The van der Waals surface area contributed by atoms with Gasteiger partial charge in [0.2, 0.25) is 0 Å². The molecule has 0 saturated heterocycles. The Morgan fingerprint density at radius 2 is 2.26 bits per heavy atom. The summed E-state index contributed by atoms with van der Waals surface area (Å²) in [7, 11) is 0. The van der Waals surface area contributed by atoms with E-state index in [9.17, 15) is 4.79 Å². The largest absolute Gasteiger partial charge is 0.292 e. The number of Topliss-reactive ketones (excluding diaryl/α,β-unsaturated/α-hetero) is 1. The number of aryl methyl sites for hydroxylation is 1. The van der Waals surface area contributed by atoms with Gasteiger partial charge in [0.05, 0.1) is 6.20 Å². The van der Waals surface area contributed by atoms with E-state index in [1.54, 1.807) is 12.4 Å². The number of ketones is 1. The minimum atomic E-state index is 0.0266. The molecule has 0 bridgehead atoms. The Bertz CT molecular complexity index is 613. The molecule has 0 spiro atoms. The second kappa shape index (κ2) is 4.96. The van der Waals surface area contributed by atoms with Gasteiger partial charge in [0, 0.05) is 18.8 Å². The zero-order valence-corrected chi connectivity index (χ0v) is 11.0. The predicted molar refractivity (Wildman–Crippen MR) is 76.3 cm³/mol. The van der Waals surface area contributed by atoms with E-state index in [0.717, 1.165) is 12.0 Å². The fourth-order valence-electron chi connectivity index (χ4n) is 2.69. The molecule has 0 fully saturated rings. The van der Waals surface area contributed by atoms with E-state index in [1.165, 1.54) is 23.5 Å². The van der Waals surface area contributed by atoms with Crippen LogP contribution in [0.3, 0.4) is 0 Å². The Morgan fingerprint density at radius 1 is 1.37 bits per heavy atom. The van der Waals surface area contributed by atoms with Crippen LogP contribution in [-0.2, 0) is 12.8 Å². The highest BCUT2D eigenvalue weighted by Crippen LogP contribution is 2.16. The third kappa shape index (κ3) is 2.43. The quantitative estimate of drug-likeness (QED) is 0.616. The molecule has 94 valence electrons. The summed E-state index contributed by atoms with van der Waals surface area (Å²) in [5, 5.41) is 0. The molecule has 2 heterocycles. The molecule has 0 atom stereocenters. The molecule has 0 radical (unpaired) electrons. The van der Waals surface area contributed by atoms with Gasteiger partial charge in [-0.15, -0.1) is 0 Å². The first kappa shape index (κ1) is 12.1. The monoisotopic (exact) mass is 250 g/mol. The van der Waals surface area contributed by atoms with Crippen molar-refractivity contribution in [2.45, 2.75) is 26.0 Å². The van der Waals surface area contributed by atoms with Crippen LogP contribution in [0.2, 0.25) is 13.1 Å². The summed E-state index contributed by atoms with van der Waals surface area (Å²) in [4.78, 5) is 20.1. The first-order valence-corrected chi connectivity index (χ1v) is 6.65. The zero-order valence-electron chi connectivity index (χ0n) is 11.0. The van der Waals surface area contributed by atoms with Crippen molar-refractivity contribution in [3.63, 3.8) is 0 Å². The summed E-state index contributed by atoms with van der Waals surface area (Å²) in [6.45, 7) is 2.86. The van der Waals surface area contributed by atoms with Crippen molar-refractivity contribution in [3.05, 3.63) is 53.6 Å². The van der Waals surface area contributed by atoms with E-state index in [0.29, 0.717) is 18.8 Å². The highest BCUT2D eigenvalue weighted by atomic mass is 16.1. The van der Waals surface area contributed by atoms with Crippen LogP contribution < -0.4 is 5.46 Å². The number of benzene rings is 1. The molecular formula is C15H15BN2O. The summed E-state index contributed by atoms with van der Waals surface area (Å²) in [6.07, 6.45) is 7.44. The Kier molecular flexibility index (Phi) is 3.16. The van der Waals surface area contributed by atoms with Crippen LogP contribution >= 0.6 is 0 Å². The Labute approximate surface area is 113 Å². The van der Waals surface area contributed by atoms with Crippen LogP contribution in [0.1, 0.15) is 21.6 Å². The number of carbonyl (C=O) groups is 1. The first-order valence-electron chi connectivity index (χ1n) is 6.65. The van der Waals surface area contributed by atoms with Gasteiger partial charge in [-0.1, -0.05) is 42.4 Å². The Hall–Kier alpha value is -1.97. The van der Waals surface area contributed by atoms with Gasteiger partial charge in [0.15, 0.2) is 12.5 Å². The van der Waals surface area contributed by atoms with Crippen LogP contribution in [0.5, 0.6) is 0 Å². The van der Waals surface area contributed by atoms with Gasteiger partial charge < -0.3 is 0 Å². The highest BCUT2D eigenvalue weighted by molar-refractivity contribution is 6.73. The standard InChI is InChI=1S/C15H15BN2O/c1-16-5-4-12-3-2-11(8-13(12)16)9-15(19)14-10-17-6-7-18-14/h2-3,6-8,10H,4-5,9H2,1H3. The second-order valence-corrected chi connectivity index (χ2v) is 5.16. The minimum absolute atomic E-state index is 0.0266. The number of nitrogens with zero attached hydrogens (tertiary/aromatic N) is 2. The van der Waals surface area contributed by atoms with E-state index in [1.807, 2.05) is 0 Å². The first-order chi connectivity index (χ1) is 9.24. The maximum Gasteiger partial charge on any atom is 0.187 e. The Balaban J connectivity index is 1.81. The Morgan fingerprint density at radius 3 is 3.05 bits per heavy atom.